The minimum atomic E-state index is 0.0385. The Morgan fingerprint density at radius 3 is 2.74 bits per heavy atom. The molecule has 1 amide bonds. The van der Waals surface area contributed by atoms with Gasteiger partial charge in [0.1, 0.15) is 0 Å². The minimum Gasteiger partial charge on any atom is -0.273 e. The van der Waals surface area contributed by atoms with E-state index in [-0.39, 0.29) is 11.8 Å². The number of allylic oxidation sites excluding steroid dienone is 3. The molecule has 0 aliphatic heterocycles. The molecule has 1 saturated carbocycles. The molecule has 0 unspecified atom stereocenters. The lowest BCUT2D eigenvalue weighted by molar-refractivity contribution is -0.122. The van der Waals surface area contributed by atoms with Crippen molar-refractivity contribution in [1.29, 1.82) is 0 Å². The number of amides is 1. The van der Waals surface area contributed by atoms with Gasteiger partial charge in [-0.25, -0.2) is 5.43 Å². The Morgan fingerprint density at radius 2 is 2.04 bits per heavy atom. The van der Waals surface area contributed by atoms with Crippen LogP contribution in [-0.2, 0) is 4.79 Å². The number of carbonyl (C=O) groups is 1. The van der Waals surface area contributed by atoms with Crippen molar-refractivity contribution in [2.45, 2.75) is 39.0 Å². The van der Waals surface area contributed by atoms with Crippen molar-refractivity contribution < 1.29 is 4.79 Å². The van der Waals surface area contributed by atoms with Gasteiger partial charge in [0.05, 0.1) is 5.71 Å². The largest absolute Gasteiger partial charge is 0.273 e. The van der Waals surface area contributed by atoms with Crippen molar-refractivity contribution in [3.63, 3.8) is 0 Å². The molecule has 3 rings (SSSR count). The molecule has 1 aromatic carbocycles. The van der Waals surface area contributed by atoms with Crippen molar-refractivity contribution in [3.05, 3.63) is 59.7 Å². The molecule has 1 fully saturated rings. The third-order valence-corrected chi connectivity index (χ3v) is 4.96. The normalized spacial score (nSPS) is 28.2. The number of hydrazone groups is 1. The minimum absolute atomic E-state index is 0.0385. The second-order valence-corrected chi connectivity index (χ2v) is 6.76. The van der Waals surface area contributed by atoms with Gasteiger partial charge in [-0.2, -0.15) is 5.10 Å². The van der Waals surface area contributed by atoms with E-state index < -0.39 is 0 Å². The summed E-state index contributed by atoms with van der Waals surface area (Å²) in [5.74, 6) is 0.887. The number of benzene rings is 1. The fourth-order valence-corrected chi connectivity index (χ4v) is 3.18. The van der Waals surface area contributed by atoms with E-state index in [2.05, 4.69) is 49.2 Å². The SMILES string of the molecule is C=C(C)[C@H]1CC=C(C)/C(=N\NC(=O)[C@H]2C[C@@H]2c2ccccc2)C1. The topological polar surface area (TPSA) is 41.5 Å². The summed E-state index contributed by atoms with van der Waals surface area (Å²) in [5.41, 5.74) is 7.35. The number of nitrogens with zero attached hydrogens (tertiary/aromatic N) is 1. The first-order chi connectivity index (χ1) is 11.1. The molecule has 0 heterocycles. The van der Waals surface area contributed by atoms with Gasteiger partial charge in [-0.3, -0.25) is 4.79 Å². The third kappa shape index (κ3) is 3.61. The molecule has 3 heteroatoms. The summed E-state index contributed by atoms with van der Waals surface area (Å²) in [7, 11) is 0. The lowest BCUT2D eigenvalue weighted by Gasteiger charge is -2.22. The molecule has 0 spiro atoms. The maximum Gasteiger partial charge on any atom is 0.243 e. The summed E-state index contributed by atoms with van der Waals surface area (Å²) in [5, 5.41) is 4.39. The second kappa shape index (κ2) is 6.53. The van der Waals surface area contributed by atoms with Gasteiger partial charge in [0.25, 0.3) is 0 Å². The average molecular weight is 308 g/mol. The molecule has 0 bridgehead atoms. The first-order valence-electron chi connectivity index (χ1n) is 8.30. The van der Waals surface area contributed by atoms with Gasteiger partial charge in [-0.05, 0) is 56.1 Å². The summed E-state index contributed by atoms with van der Waals surface area (Å²) in [6, 6.07) is 10.2. The van der Waals surface area contributed by atoms with E-state index in [1.807, 2.05) is 18.2 Å². The molecule has 0 radical (unpaired) electrons. The molecule has 2 aliphatic rings. The van der Waals surface area contributed by atoms with Gasteiger partial charge in [0, 0.05) is 5.92 Å². The molecule has 0 aromatic heterocycles. The van der Waals surface area contributed by atoms with E-state index in [4.69, 9.17) is 0 Å². The summed E-state index contributed by atoms with van der Waals surface area (Å²) in [6.07, 6.45) is 5.00. The molecule has 2 aliphatic carbocycles. The Kier molecular flexibility index (Phi) is 4.46. The quantitative estimate of drug-likeness (QED) is 0.657. The smallest absolute Gasteiger partial charge is 0.243 e. The average Bonchev–Trinajstić information content (AvgIpc) is 3.35. The molecule has 1 aromatic rings. The molecule has 3 nitrogen and oxygen atoms in total. The van der Waals surface area contributed by atoms with Crippen LogP contribution in [0.15, 0.2) is 59.2 Å². The zero-order chi connectivity index (χ0) is 16.4. The van der Waals surface area contributed by atoms with Crippen molar-refractivity contribution in [2.75, 3.05) is 0 Å². The molecular weight excluding hydrogens is 284 g/mol. The molecule has 23 heavy (non-hydrogen) atoms. The van der Waals surface area contributed by atoms with Gasteiger partial charge in [0.2, 0.25) is 5.91 Å². The van der Waals surface area contributed by atoms with Crippen LogP contribution < -0.4 is 5.43 Å². The van der Waals surface area contributed by atoms with E-state index in [0.717, 1.165) is 25.0 Å². The van der Waals surface area contributed by atoms with E-state index in [1.165, 1.54) is 16.7 Å². The lowest BCUT2D eigenvalue weighted by Crippen LogP contribution is -2.24. The lowest BCUT2D eigenvalue weighted by atomic mass is 9.85. The van der Waals surface area contributed by atoms with Gasteiger partial charge in [-0.15, -0.1) is 0 Å². The van der Waals surface area contributed by atoms with Crippen molar-refractivity contribution in [2.24, 2.45) is 16.9 Å². The predicted octanol–water partition coefficient (Wildman–Crippen LogP) is 4.19. The Morgan fingerprint density at radius 1 is 1.30 bits per heavy atom. The number of hydrogen-bond acceptors (Lipinski definition) is 2. The molecule has 0 saturated heterocycles. The van der Waals surface area contributed by atoms with Gasteiger partial charge >= 0.3 is 0 Å². The maximum absolute atomic E-state index is 12.3. The highest BCUT2D eigenvalue weighted by molar-refractivity contribution is 6.01. The van der Waals surface area contributed by atoms with Crippen molar-refractivity contribution in [3.8, 4) is 0 Å². The highest BCUT2D eigenvalue weighted by atomic mass is 16.2. The summed E-state index contributed by atoms with van der Waals surface area (Å²) in [6.45, 7) is 8.16. The van der Waals surface area contributed by atoms with Crippen LogP contribution >= 0.6 is 0 Å². The van der Waals surface area contributed by atoms with Crippen LogP contribution in [0, 0.1) is 11.8 Å². The Hall–Kier alpha value is -2.16. The molecular formula is C20H24N2O. The number of hydrogen-bond donors (Lipinski definition) is 1. The zero-order valence-corrected chi connectivity index (χ0v) is 13.9. The van der Waals surface area contributed by atoms with Crippen molar-refractivity contribution >= 4 is 11.6 Å². The third-order valence-electron chi connectivity index (χ3n) is 4.96. The van der Waals surface area contributed by atoms with E-state index >= 15 is 0 Å². The van der Waals surface area contributed by atoms with E-state index in [0.29, 0.717) is 11.8 Å². The Bertz CT molecular complexity index is 672. The van der Waals surface area contributed by atoms with Crippen LogP contribution in [0.25, 0.3) is 0 Å². The van der Waals surface area contributed by atoms with Crippen LogP contribution in [0.3, 0.4) is 0 Å². The first kappa shape index (κ1) is 15.7. The summed E-state index contributed by atoms with van der Waals surface area (Å²) < 4.78 is 0. The number of rotatable bonds is 4. The van der Waals surface area contributed by atoms with Crippen LogP contribution in [0.5, 0.6) is 0 Å². The van der Waals surface area contributed by atoms with Gasteiger partial charge in [-0.1, -0.05) is 48.6 Å². The molecule has 120 valence electrons. The zero-order valence-electron chi connectivity index (χ0n) is 13.9. The second-order valence-electron chi connectivity index (χ2n) is 6.76. The van der Waals surface area contributed by atoms with E-state index in [9.17, 15) is 4.79 Å². The summed E-state index contributed by atoms with van der Waals surface area (Å²) in [4.78, 5) is 12.3. The highest BCUT2D eigenvalue weighted by Gasteiger charge is 2.43. The molecule has 3 atom stereocenters. The fourth-order valence-electron chi connectivity index (χ4n) is 3.18. The monoisotopic (exact) mass is 308 g/mol. The number of carbonyl (C=O) groups excluding carboxylic acids is 1. The van der Waals surface area contributed by atoms with Gasteiger partial charge in [0.15, 0.2) is 0 Å². The first-order valence-corrected chi connectivity index (χ1v) is 8.30. The van der Waals surface area contributed by atoms with E-state index in [1.54, 1.807) is 0 Å². The maximum atomic E-state index is 12.3. The van der Waals surface area contributed by atoms with Gasteiger partial charge < -0.3 is 0 Å². The Balaban J connectivity index is 1.60. The predicted molar refractivity (Wildman–Crippen MR) is 94.2 cm³/mol. The highest BCUT2D eigenvalue weighted by Crippen LogP contribution is 2.47. The standard InChI is InChI=1S/C20H24N2O/c1-13(2)16-10-9-14(3)19(11-16)21-22-20(23)18-12-17(18)15-7-5-4-6-8-15/h4-9,16-18H,1,10-12H2,2-3H3,(H,22,23)/b21-19-/t16-,17+,18-/m0/s1. The number of nitrogens with one attached hydrogen (secondary N) is 1. The summed E-state index contributed by atoms with van der Waals surface area (Å²) >= 11 is 0. The van der Waals surface area contributed by atoms with Crippen LogP contribution in [0.2, 0.25) is 0 Å². The fraction of sp³-hybridized carbons (Fsp3) is 0.400. The van der Waals surface area contributed by atoms with Crippen LogP contribution in [-0.4, -0.2) is 11.6 Å². The van der Waals surface area contributed by atoms with Crippen LogP contribution in [0.4, 0.5) is 0 Å². The molecule has 1 N–H and O–H groups in total. The van der Waals surface area contributed by atoms with Crippen molar-refractivity contribution in [1.82, 2.24) is 5.43 Å². The van der Waals surface area contributed by atoms with Crippen LogP contribution in [0.1, 0.15) is 44.6 Å². The Labute approximate surface area is 138 Å².